The van der Waals surface area contributed by atoms with E-state index in [-0.39, 0.29) is 12.3 Å². The number of benzene rings is 1. The lowest BCUT2D eigenvalue weighted by Crippen LogP contribution is -2.40. The lowest BCUT2D eigenvalue weighted by atomic mass is 9.92. The number of rotatable bonds is 3. The molecule has 5 nitrogen and oxygen atoms in total. The third-order valence-corrected chi connectivity index (χ3v) is 5.41. The molecule has 1 saturated heterocycles. The number of alkyl halides is 2. The summed E-state index contributed by atoms with van der Waals surface area (Å²) in [5, 5.41) is 6.96. The number of aromatic amines is 1. The van der Waals surface area contributed by atoms with E-state index in [2.05, 4.69) is 10.2 Å². The Bertz CT molecular complexity index is 810. The number of ether oxygens (including phenoxy) is 1. The highest BCUT2D eigenvalue weighted by Gasteiger charge is 2.70. The SMILES string of the molecule is COc1ccccc1-c1cc(C(=O)N2CCC3(CC2)CC3(F)F)[nH]n1. The number of para-hydroxylation sites is 1. The highest BCUT2D eigenvalue weighted by molar-refractivity contribution is 5.93. The van der Waals surface area contributed by atoms with E-state index in [0.717, 1.165) is 5.56 Å². The molecule has 1 spiro atoms. The molecule has 2 aromatic rings. The lowest BCUT2D eigenvalue weighted by Gasteiger charge is -2.31. The Morgan fingerprint density at radius 2 is 1.96 bits per heavy atom. The quantitative estimate of drug-likeness (QED) is 0.926. The Hall–Kier alpha value is -2.44. The zero-order valence-electron chi connectivity index (χ0n) is 13.9. The predicted molar refractivity (Wildman–Crippen MR) is 87.7 cm³/mol. The number of halogens is 2. The Kier molecular flexibility index (Phi) is 3.56. The van der Waals surface area contributed by atoms with Gasteiger partial charge < -0.3 is 9.64 Å². The van der Waals surface area contributed by atoms with E-state index in [1.165, 1.54) is 0 Å². The second-order valence-electron chi connectivity index (χ2n) is 6.82. The largest absolute Gasteiger partial charge is 0.496 e. The van der Waals surface area contributed by atoms with Crippen LogP contribution in [-0.2, 0) is 0 Å². The van der Waals surface area contributed by atoms with Crippen molar-refractivity contribution in [3.05, 3.63) is 36.0 Å². The molecule has 25 heavy (non-hydrogen) atoms. The van der Waals surface area contributed by atoms with E-state index < -0.39 is 11.3 Å². The summed E-state index contributed by atoms with van der Waals surface area (Å²) >= 11 is 0. The normalized spacial score (nSPS) is 20.5. The van der Waals surface area contributed by atoms with E-state index in [4.69, 9.17) is 4.74 Å². The number of hydrogen-bond donors (Lipinski definition) is 1. The first-order chi connectivity index (χ1) is 12.0. The monoisotopic (exact) mass is 347 g/mol. The number of carbonyl (C=O) groups is 1. The van der Waals surface area contributed by atoms with Crippen molar-refractivity contribution in [3.63, 3.8) is 0 Å². The number of piperidine rings is 1. The van der Waals surface area contributed by atoms with Gasteiger partial charge in [-0.1, -0.05) is 12.1 Å². The Morgan fingerprint density at radius 3 is 2.60 bits per heavy atom. The standard InChI is InChI=1S/C18H19F2N3O2/c1-25-15-5-3-2-4-12(15)13-10-14(22-21-13)16(24)23-8-6-17(7-9-23)11-18(17,19)20/h2-5,10H,6-9,11H2,1H3,(H,21,22). The maximum atomic E-state index is 13.5. The van der Waals surface area contributed by atoms with E-state index in [1.807, 2.05) is 24.3 Å². The zero-order valence-corrected chi connectivity index (χ0v) is 13.9. The number of H-pyrrole nitrogens is 1. The summed E-state index contributed by atoms with van der Waals surface area (Å²) in [4.78, 5) is 14.3. The molecule has 1 N–H and O–H groups in total. The molecule has 2 aliphatic rings. The third kappa shape index (κ3) is 2.58. The summed E-state index contributed by atoms with van der Waals surface area (Å²) in [7, 11) is 1.58. The summed E-state index contributed by atoms with van der Waals surface area (Å²) in [6, 6.07) is 9.09. The number of likely N-dealkylation sites (tertiary alicyclic amines) is 1. The first kappa shape index (κ1) is 16.1. The number of nitrogens with one attached hydrogen (secondary N) is 1. The van der Waals surface area contributed by atoms with Crippen molar-refractivity contribution in [3.8, 4) is 17.0 Å². The van der Waals surface area contributed by atoms with Crippen molar-refractivity contribution >= 4 is 5.91 Å². The van der Waals surface area contributed by atoms with Crippen LogP contribution in [0.3, 0.4) is 0 Å². The molecule has 0 atom stereocenters. The van der Waals surface area contributed by atoms with Crippen molar-refractivity contribution in [1.29, 1.82) is 0 Å². The molecule has 1 aliphatic carbocycles. The van der Waals surface area contributed by atoms with Gasteiger partial charge in [-0.15, -0.1) is 0 Å². The summed E-state index contributed by atoms with van der Waals surface area (Å²) in [5.74, 6) is -2.08. The van der Waals surface area contributed by atoms with Gasteiger partial charge in [-0.2, -0.15) is 5.10 Å². The van der Waals surface area contributed by atoms with Gasteiger partial charge in [0.25, 0.3) is 11.8 Å². The molecule has 1 aromatic heterocycles. The molecule has 0 bridgehead atoms. The van der Waals surface area contributed by atoms with Crippen LogP contribution in [0.1, 0.15) is 29.8 Å². The van der Waals surface area contributed by atoms with Gasteiger partial charge in [0, 0.05) is 30.5 Å². The molecule has 4 rings (SSSR count). The van der Waals surface area contributed by atoms with Crippen molar-refractivity contribution in [2.24, 2.45) is 5.41 Å². The highest BCUT2D eigenvalue weighted by Crippen LogP contribution is 2.65. The van der Waals surface area contributed by atoms with Gasteiger partial charge in [-0.3, -0.25) is 9.89 Å². The Balaban J connectivity index is 1.48. The van der Waals surface area contributed by atoms with Gasteiger partial charge in [0.2, 0.25) is 0 Å². The summed E-state index contributed by atoms with van der Waals surface area (Å²) in [6.07, 6.45) is 0.683. The zero-order chi connectivity index (χ0) is 17.7. The van der Waals surface area contributed by atoms with Crippen molar-refractivity contribution in [1.82, 2.24) is 15.1 Å². The van der Waals surface area contributed by atoms with E-state index in [1.54, 1.807) is 18.1 Å². The fourth-order valence-electron chi connectivity index (χ4n) is 3.66. The van der Waals surface area contributed by atoms with Crippen LogP contribution in [0, 0.1) is 5.41 Å². The minimum absolute atomic E-state index is 0.0377. The van der Waals surface area contributed by atoms with Crippen molar-refractivity contribution in [2.45, 2.75) is 25.2 Å². The molecule has 0 radical (unpaired) electrons. The van der Waals surface area contributed by atoms with Crippen molar-refractivity contribution in [2.75, 3.05) is 20.2 Å². The van der Waals surface area contributed by atoms with Gasteiger partial charge in [-0.25, -0.2) is 8.78 Å². The van der Waals surface area contributed by atoms with Crippen LogP contribution in [0.15, 0.2) is 30.3 Å². The first-order valence-electron chi connectivity index (χ1n) is 8.32. The molecule has 1 aromatic carbocycles. The highest BCUT2D eigenvalue weighted by atomic mass is 19.3. The number of hydrogen-bond acceptors (Lipinski definition) is 3. The van der Waals surface area contributed by atoms with Crippen LogP contribution in [0.5, 0.6) is 5.75 Å². The number of carbonyl (C=O) groups excluding carboxylic acids is 1. The van der Waals surface area contributed by atoms with E-state index in [0.29, 0.717) is 43.1 Å². The molecular weight excluding hydrogens is 328 g/mol. The minimum atomic E-state index is -2.55. The average Bonchev–Trinajstić information content (AvgIpc) is 2.98. The molecule has 2 fully saturated rings. The third-order valence-electron chi connectivity index (χ3n) is 5.41. The molecule has 1 amide bonds. The second kappa shape index (κ2) is 5.54. The lowest BCUT2D eigenvalue weighted by molar-refractivity contribution is 0.0282. The van der Waals surface area contributed by atoms with Gasteiger partial charge in [0.1, 0.15) is 11.4 Å². The van der Waals surface area contributed by atoms with E-state index >= 15 is 0 Å². The van der Waals surface area contributed by atoms with Gasteiger partial charge >= 0.3 is 0 Å². The van der Waals surface area contributed by atoms with Crippen LogP contribution in [-0.4, -0.2) is 47.1 Å². The smallest absolute Gasteiger partial charge is 0.271 e. The summed E-state index contributed by atoms with van der Waals surface area (Å²) in [6.45, 7) is 0.717. The molecule has 1 aliphatic heterocycles. The average molecular weight is 347 g/mol. The molecule has 2 heterocycles. The van der Waals surface area contributed by atoms with Gasteiger partial charge in [0.15, 0.2) is 0 Å². The first-order valence-corrected chi connectivity index (χ1v) is 8.32. The van der Waals surface area contributed by atoms with Crippen LogP contribution < -0.4 is 4.74 Å². The predicted octanol–water partition coefficient (Wildman–Crippen LogP) is 3.35. The summed E-state index contributed by atoms with van der Waals surface area (Å²) < 4.78 is 32.2. The van der Waals surface area contributed by atoms with Crippen LogP contribution in [0.2, 0.25) is 0 Å². The fourth-order valence-corrected chi connectivity index (χ4v) is 3.66. The van der Waals surface area contributed by atoms with Crippen molar-refractivity contribution < 1.29 is 18.3 Å². The van der Waals surface area contributed by atoms with Crippen LogP contribution >= 0.6 is 0 Å². The Labute approximate surface area is 144 Å². The number of methoxy groups -OCH3 is 1. The number of amides is 1. The molecule has 1 saturated carbocycles. The Morgan fingerprint density at radius 1 is 1.28 bits per heavy atom. The maximum Gasteiger partial charge on any atom is 0.271 e. The molecular formula is C18H19F2N3O2. The molecule has 0 unspecified atom stereocenters. The molecule has 7 heteroatoms. The summed E-state index contributed by atoms with van der Waals surface area (Å²) in [5.41, 5.74) is 0.901. The van der Waals surface area contributed by atoms with Gasteiger partial charge in [-0.05, 0) is 31.0 Å². The molecule has 132 valence electrons. The van der Waals surface area contributed by atoms with E-state index in [9.17, 15) is 13.6 Å². The topological polar surface area (TPSA) is 58.2 Å². The van der Waals surface area contributed by atoms with Crippen LogP contribution in [0.4, 0.5) is 8.78 Å². The van der Waals surface area contributed by atoms with Crippen LogP contribution in [0.25, 0.3) is 11.3 Å². The fraction of sp³-hybridized carbons (Fsp3) is 0.444. The number of nitrogens with zero attached hydrogens (tertiary/aromatic N) is 2. The number of aromatic nitrogens is 2. The minimum Gasteiger partial charge on any atom is -0.496 e. The van der Waals surface area contributed by atoms with Gasteiger partial charge in [0.05, 0.1) is 12.8 Å². The second-order valence-corrected chi connectivity index (χ2v) is 6.82. The maximum absolute atomic E-state index is 13.5.